The summed E-state index contributed by atoms with van der Waals surface area (Å²) >= 11 is 7.28. The van der Waals surface area contributed by atoms with Gasteiger partial charge in [0.05, 0.1) is 5.60 Å². The van der Waals surface area contributed by atoms with Crippen molar-refractivity contribution in [2.24, 2.45) is 16.7 Å². The van der Waals surface area contributed by atoms with E-state index in [2.05, 4.69) is 38.8 Å². The van der Waals surface area contributed by atoms with E-state index in [4.69, 9.17) is 0 Å². The number of aliphatic hydroxyl groups is 1. The summed E-state index contributed by atoms with van der Waals surface area (Å²) in [5, 5.41) is 12.5. The highest BCUT2D eigenvalue weighted by atomic mass is 79.9. The standard InChI is InChI=1S/C11H18Br2O/c1-9(6-12)8-3-4-11(9,7-13)10(2,14)5-8/h8,14H,3-7H2,1-2H3/t8-,9+,10-,11-/m1/s1. The van der Waals surface area contributed by atoms with Crippen molar-refractivity contribution in [1.29, 1.82) is 0 Å². The predicted molar refractivity (Wildman–Crippen MR) is 66.1 cm³/mol. The first-order valence-corrected chi connectivity index (χ1v) is 7.52. The van der Waals surface area contributed by atoms with Crippen LogP contribution < -0.4 is 0 Å². The monoisotopic (exact) mass is 324 g/mol. The van der Waals surface area contributed by atoms with Gasteiger partial charge in [0, 0.05) is 16.1 Å². The minimum absolute atomic E-state index is 0.0775. The van der Waals surface area contributed by atoms with Gasteiger partial charge in [-0.1, -0.05) is 38.8 Å². The number of halogens is 2. The van der Waals surface area contributed by atoms with E-state index in [-0.39, 0.29) is 10.8 Å². The maximum absolute atomic E-state index is 10.6. The summed E-state index contributed by atoms with van der Waals surface area (Å²) in [5.74, 6) is 0.689. The second-order valence-corrected chi connectivity index (χ2v) is 6.60. The van der Waals surface area contributed by atoms with E-state index in [1.807, 2.05) is 6.92 Å². The van der Waals surface area contributed by atoms with Gasteiger partial charge in [-0.15, -0.1) is 0 Å². The molecule has 2 aliphatic rings. The van der Waals surface area contributed by atoms with Crippen LogP contribution in [0, 0.1) is 16.7 Å². The van der Waals surface area contributed by atoms with Gasteiger partial charge in [0.2, 0.25) is 0 Å². The van der Waals surface area contributed by atoms with Crippen LogP contribution in [-0.4, -0.2) is 21.4 Å². The molecule has 0 heterocycles. The first kappa shape index (κ1) is 11.4. The molecule has 4 atom stereocenters. The van der Waals surface area contributed by atoms with Crippen molar-refractivity contribution in [2.45, 2.75) is 38.7 Å². The zero-order valence-corrected chi connectivity index (χ0v) is 12.0. The molecule has 14 heavy (non-hydrogen) atoms. The highest BCUT2D eigenvalue weighted by Crippen LogP contribution is 2.70. The fraction of sp³-hybridized carbons (Fsp3) is 1.00. The first-order chi connectivity index (χ1) is 6.43. The molecule has 0 aromatic rings. The summed E-state index contributed by atoms with van der Waals surface area (Å²) < 4.78 is 0. The second kappa shape index (κ2) is 3.21. The molecule has 82 valence electrons. The molecule has 0 aromatic heterocycles. The van der Waals surface area contributed by atoms with Crippen LogP contribution in [0.3, 0.4) is 0 Å². The maximum Gasteiger partial charge on any atom is 0.0692 e. The Hall–Kier alpha value is 0.920. The molecule has 2 aliphatic carbocycles. The van der Waals surface area contributed by atoms with Crippen molar-refractivity contribution in [1.82, 2.24) is 0 Å². The minimum atomic E-state index is -0.484. The SMILES string of the molecule is C[C@]1(CBr)[C@@H]2CC[C@]1(CBr)[C@](C)(O)C2. The number of rotatable bonds is 2. The fourth-order valence-electron chi connectivity index (χ4n) is 3.90. The Bertz CT molecular complexity index is 254. The fourth-order valence-corrected chi connectivity index (χ4v) is 6.42. The van der Waals surface area contributed by atoms with Crippen molar-refractivity contribution in [3.8, 4) is 0 Å². The summed E-state index contributed by atoms with van der Waals surface area (Å²) in [6.07, 6.45) is 3.42. The van der Waals surface area contributed by atoms with Gasteiger partial charge >= 0.3 is 0 Å². The van der Waals surface area contributed by atoms with Gasteiger partial charge in [0.25, 0.3) is 0 Å². The van der Waals surface area contributed by atoms with Crippen molar-refractivity contribution >= 4 is 31.9 Å². The third kappa shape index (κ3) is 1.04. The molecule has 0 saturated heterocycles. The summed E-state index contributed by atoms with van der Waals surface area (Å²) in [4.78, 5) is 0. The van der Waals surface area contributed by atoms with Crippen LogP contribution in [0.4, 0.5) is 0 Å². The topological polar surface area (TPSA) is 20.2 Å². The van der Waals surface area contributed by atoms with Crippen molar-refractivity contribution in [3.05, 3.63) is 0 Å². The van der Waals surface area contributed by atoms with E-state index in [9.17, 15) is 5.11 Å². The molecule has 0 aromatic carbocycles. The van der Waals surface area contributed by atoms with Gasteiger partial charge in [-0.25, -0.2) is 0 Å². The molecule has 2 saturated carbocycles. The van der Waals surface area contributed by atoms with Gasteiger partial charge in [-0.05, 0) is 37.5 Å². The number of fused-ring (bicyclic) bond motifs is 2. The lowest BCUT2D eigenvalue weighted by atomic mass is 9.65. The van der Waals surface area contributed by atoms with Crippen LogP contribution in [0.1, 0.15) is 33.1 Å². The molecule has 3 heteroatoms. The molecule has 0 amide bonds. The highest BCUT2D eigenvalue weighted by Gasteiger charge is 2.69. The van der Waals surface area contributed by atoms with Crippen molar-refractivity contribution < 1.29 is 5.11 Å². The molecule has 1 nitrogen and oxygen atoms in total. The van der Waals surface area contributed by atoms with Gasteiger partial charge in [0.15, 0.2) is 0 Å². The van der Waals surface area contributed by atoms with E-state index in [0.717, 1.165) is 23.5 Å². The zero-order chi connectivity index (χ0) is 10.6. The smallest absolute Gasteiger partial charge is 0.0692 e. The number of hydrogen-bond donors (Lipinski definition) is 1. The van der Waals surface area contributed by atoms with Gasteiger partial charge < -0.3 is 5.11 Å². The lowest BCUT2D eigenvalue weighted by Gasteiger charge is -2.46. The van der Waals surface area contributed by atoms with Gasteiger partial charge in [-0.3, -0.25) is 0 Å². The molecule has 0 spiro atoms. The molecule has 2 rings (SSSR count). The van der Waals surface area contributed by atoms with Crippen molar-refractivity contribution in [2.75, 3.05) is 10.7 Å². The zero-order valence-electron chi connectivity index (χ0n) is 8.82. The average Bonchev–Trinajstić information content (AvgIpc) is 2.50. The summed E-state index contributed by atoms with van der Waals surface area (Å²) in [5.41, 5.74) is -0.143. The molecule has 0 radical (unpaired) electrons. The lowest BCUT2D eigenvalue weighted by molar-refractivity contribution is -0.0692. The van der Waals surface area contributed by atoms with Gasteiger partial charge in [0.1, 0.15) is 0 Å². The van der Waals surface area contributed by atoms with E-state index in [0.29, 0.717) is 5.92 Å². The summed E-state index contributed by atoms with van der Waals surface area (Å²) in [6, 6.07) is 0. The van der Waals surface area contributed by atoms with Crippen LogP contribution >= 0.6 is 31.9 Å². The Kier molecular flexibility index (Phi) is 2.61. The molecule has 1 N–H and O–H groups in total. The van der Waals surface area contributed by atoms with Crippen LogP contribution in [-0.2, 0) is 0 Å². The van der Waals surface area contributed by atoms with Crippen LogP contribution in [0.25, 0.3) is 0 Å². The van der Waals surface area contributed by atoms with Crippen LogP contribution in [0.15, 0.2) is 0 Å². The Morgan fingerprint density at radius 2 is 1.93 bits per heavy atom. The van der Waals surface area contributed by atoms with Gasteiger partial charge in [-0.2, -0.15) is 0 Å². The minimum Gasteiger partial charge on any atom is -0.390 e. The molecule has 2 bridgehead atoms. The van der Waals surface area contributed by atoms with E-state index in [1.165, 1.54) is 6.42 Å². The molecule has 0 unspecified atom stereocenters. The molecule has 2 fully saturated rings. The van der Waals surface area contributed by atoms with Crippen LogP contribution in [0.2, 0.25) is 0 Å². The Balaban J connectivity index is 2.48. The lowest BCUT2D eigenvalue weighted by Crippen LogP contribution is -2.50. The number of alkyl halides is 2. The molecular weight excluding hydrogens is 308 g/mol. The summed E-state index contributed by atoms with van der Waals surface area (Å²) in [6.45, 7) is 4.36. The van der Waals surface area contributed by atoms with E-state index >= 15 is 0 Å². The third-order valence-electron chi connectivity index (χ3n) is 5.09. The third-order valence-corrected chi connectivity index (χ3v) is 7.22. The predicted octanol–water partition coefficient (Wildman–Crippen LogP) is 3.33. The average molecular weight is 326 g/mol. The normalized spacial score (nSPS) is 56.8. The highest BCUT2D eigenvalue weighted by molar-refractivity contribution is 9.09. The Morgan fingerprint density at radius 3 is 2.29 bits per heavy atom. The van der Waals surface area contributed by atoms with Crippen LogP contribution in [0.5, 0.6) is 0 Å². The quantitative estimate of drug-likeness (QED) is 0.772. The molecular formula is C11H18Br2O. The molecule has 0 aliphatic heterocycles. The van der Waals surface area contributed by atoms with E-state index < -0.39 is 5.60 Å². The number of hydrogen-bond acceptors (Lipinski definition) is 1. The maximum atomic E-state index is 10.6. The first-order valence-electron chi connectivity index (χ1n) is 5.28. The Labute approximate surface area is 103 Å². The van der Waals surface area contributed by atoms with E-state index in [1.54, 1.807) is 0 Å². The largest absolute Gasteiger partial charge is 0.390 e. The summed E-state index contributed by atoms with van der Waals surface area (Å²) in [7, 11) is 0. The van der Waals surface area contributed by atoms with Crippen molar-refractivity contribution in [3.63, 3.8) is 0 Å². The Morgan fingerprint density at radius 1 is 1.29 bits per heavy atom. The second-order valence-electron chi connectivity index (χ2n) is 5.48.